The van der Waals surface area contributed by atoms with Crippen LogP contribution in [0, 0.1) is 0 Å². The van der Waals surface area contributed by atoms with Gasteiger partial charge in [-0.3, -0.25) is 0 Å². The first-order chi connectivity index (χ1) is 19.9. The molecule has 3 aliphatic rings. The third-order valence-corrected chi connectivity index (χ3v) is 9.26. The Morgan fingerprint density at radius 1 is 0.275 bits per heavy atom. The first-order valence-corrected chi connectivity index (χ1v) is 14.2. The number of hydrogen-bond donors (Lipinski definition) is 0. The smallest absolute Gasteiger partial charge is 0.0330 e. The lowest BCUT2D eigenvalue weighted by molar-refractivity contribution is 0.851. The lowest BCUT2D eigenvalue weighted by atomic mass is 9.73. The highest BCUT2D eigenvalue weighted by Gasteiger charge is 2.42. The van der Waals surface area contributed by atoms with E-state index < -0.39 is 0 Å². The molecule has 0 radical (unpaired) electrons. The number of hydrogen-bond acceptors (Lipinski definition) is 0. The molecule has 40 heavy (non-hydrogen) atoms. The summed E-state index contributed by atoms with van der Waals surface area (Å²) in [6.07, 6.45) is 0. The van der Waals surface area contributed by atoms with E-state index in [0.29, 0.717) is 0 Å². The van der Waals surface area contributed by atoms with Gasteiger partial charge in [-0.2, -0.15) is 0 Å². The topological polar surface area (TPSA) is 0 Å². The second-order valence-corrected chi connectivity index (χ2v) is 11.1. The normalized spacial score (nSPS) is 14.2. The predicted molar refractivity (Wildman–Crippen MR) is 165 cm³/mol. The van der Waals surface area contributed by atoms with Crippen LogP contribution in [0.3, 0.4) is 0 Å². The summed E-state index contributed by atoms with van der Waals surface area (Å²) in [5.41, 5.74) is 19.4. The molecule has 0 spiro atoms. The molecule has 0 unspecified atom stereocenters. The maximum Gasteiger partial charge on any atom is 0.0330 e. The Morgan fingerprint density at radius 3 is 0.850 bits per heavy atom. The van der Waals surface area contributed by atoms with Crippen LogP contribution in [0.5, 0.6) is 0 Å². The summed E-state index contributed by atoms with van der Waals surface area (Å²) in [6.45, 7) is 0. The molecule has 0 N–H and O–H groups in total. The zero-order chi connectivity index (χ0) is 26.2. The van der Waals surface area contributed by atoms with Crippen molar-refractivity contribution in [3.05, 3.63) is 185 Å². The Balaban J connectivity index is 1.47. The predicted octanol–water partition coefficient (Wildman–Crippen LogP) is 10.1. The van der Waals surface area contributed by atoms with Gasteiger partial charge in [-0.1, -0.05) is 146 Å². The lowest BCUT2D eigenvalue weighted by Gasteiger charge is -2.29. The monoisotopic (exact) mass is 506 g/mol. The lowest BCUT2D eigenvalue weighted by Crippen LogP contribution is -2.13. The van der Waals surface area contributed by atoms with Crippen molar-refractivity contribution in [2.75, 3.05) is 0 Å². The zero-order valence-electron chi connectivity index (χ0n) is 22.0. The molecule has 0 fully saturated rings. The summed E-state index contributed by atoms with van der Waals surface area (Å²) in [4.78, 5) is 0. The molecule has 0 amide bonds. The van der Waals surface area contributed by atoms with Crippen molar-refractivity contribution in [2.45, 2.75) is 11.8 Å². The van der Waals surface area contributed by atoms with Gasteiger partial charge in [0.25, 0.3) is 0 Å². The summed E-state index contributed by atoms with van der Waals surface area (Å²) in [7, 11) is 0. The number of fused-ring (bicyclic) bond motifs is 9. The van der Waals surface area contributed by atoms with E-state index in [1.165, 1.54) is 77.9 Å². The van der Waals surface area contributed by atoms with Crippen molar-refractivity contribution in [3.63, 3.8) is 0 Å². The Morgan fingerprint density at radius 2 is 0.525 bits per heavy atom. The van der Waals surface area contributed by atoms with E-state index in [1.807, 2.05) is 0 Å². The van der Waals surface area contributed by atoms with Crippen molar-refractivity contribution < 1.29 is 0 Å². The van der Waals surface area contributed by atoms with Gasteiger partial charge in [-0.15, -0.1) is 0 Å². The van der Waals surface area contributed by atoms with Crippen LogP contribution in [0.15, 0.2) is 151 Å². The highest BCUT2D eigenvalue weighted by Crippen LogP contribution is 2.60. The largest absolute Gasteiger partial charge is 0.0619 e. The maximum absolute atomic E-state index is 2.36. The quantitative estimate of drug-likeness (QED) is 0.219. The van der Waals surface area contributed by atoms with E-state index in [9.17, 15) is 0 Å². The molecule has 0 saturated carbocycles. The fraction of sp³-hybridized carbons (Fsp3) is 0.0500. The average Bonchev–Trinajstić information content (AvgIpc) is 3.65. The molecule has 6 aromatic carbocycles. The molecule has 0 bridgehead atoms. The molecule has 0 nitrogen and oxygen atoms in total. The molecule has 0 aliphatic heterocycles. The van der Waals surface area contributed by atoms with Crippen molar-refractivity contribution in [1.82, 2.24) is 0 Å². The van der Waals surface area contributed by atoms with E-state index >= 15 is 0 Å². The van der Waals surface area contributed by atoms with Gasteiger partial charge in [-0.25, -0.2) is 0 Å². The summed E-state index contributed by atoms with van der Waals surface area (Å²) in [6, 6.07) is 54.3. The molecule has 3 aliphatic carbocycles. The van der Waals surface area contributed by atoms with E-state index in [1.54, 1.807) is 0 Å². The average molecular weight is 507 g/mol. The van der Waals surface area contributed by atoms with Crippen molar-refractivity contribution in [1.29, 1.82) is 0 Å². The van der Waals surface area contributed by atoms with Gasteiger partial charge >= 0.3 is 0 Å². The highest BCUT2D eigenvalue weighted by molar-refractivity contribution is 6.04. The Hall–Kier alpha value is -4.94. The van der Waals surface area contributed by atoms with Gasteiger partial charge < -0.3 is 0 Å². The van der Waals surface area contributed by atoms with Crippen molar-refractivity contribution in [3.8, 4) is 33.4 Å². The van der Waals surface area contributed by atoms with Crippen LogP contribution in [0.25, 0.3) is 39.0 Å². The first kappa shape index (κ1) is 21.9. The SMILES string of the molecule is c1ccc2c(c1)C(=C(C1c3ccccc3-c3ccccc31)C1c3ccccc3-c3ccccc31)c1ccccc1-2. The van der Waals surface area contributed by atoms with Gasteiger partial charge in [0.1, 0.15) is 0 Å². The molecule has 0 aromatic heterocycles. The van der Waals surface area contributed by atoms with E-state index in [-0.39, 0.29) is 11.8 Å². The second kappa shape index (κ2) is 8.28. The van der Waals surface area contributed by atoms with Crippen molar-refractivity contribution >= 4 is 5.57 Å². The van der Waals surface area contributed by atoms with Gasteiger partial charge in [0, 0.05) is 11.8 Å². The summed E-state index contributed by atoms with van der Waals surface area (Å²) >= 11 is 0. The fourth-order valence-electron chi connectivity index (χ4n) is 7.76. The van der Waals surface area contributed by atoms with E-state index in [2.05, 4.69) is 146 Å². The molecule has 186 valence electrons. The standard InChI is InChI=1S/C40H26/c1-7-19-31-25(13-1)26-14-2-8-20-32(26)37(31)40(38-33-21-9-3-15-27(33)28-16-4-10-22-34(28)38)39-35-23-11-5-17-29(35)30-18-6-12-24-36(30)39/h1-24,37-38H. The minimum absolute atomic E-state index is 0.158. The van der Waals surface area contributed by atoms with Crippen LogP contribution in [0.1, 0.15) is 45.2 Å². The van der Waals surface area contributed by atoms with Crippen LogP contribution in [0.4, 0.5) is 0 Å². The molecule has 0 heteroatoms. The third kappa shape index (κ3) is 2.86. The van der Waals surface area contributed by atoms with Gasteiger partial charge in [0.15, 0.2) is 0 Å². The molecular weight excluding hydrogens is 480 g/mol. The van der Waals surface area contributed by atoms with Gasteiger partial charge in [0.2, 0.25) is 0 Å². The van der Waals surface area contributed by atoms with Crippen LogP contribution in [0.2, 0.25) is 0 Å². The summed E-state index contributed by atoms with van der Waals surface area (Å²) in [5.74, 6) is 0.316. The minimum atomic E-state index is 0.158. The third-order valence-electron chi connectivity index (χ3n) is 9.26. The Kier molecular flexibility index (Phi) is 4.54. The van der Waals surface area contributed by atoms with Crippen LogP contribution < -0.4 is 0 Å². The Labute approximate surface area is 234 Å². The maximum atomic E-state index is 2.36. The van der Waals surface area contributed by atoms with E-state index in [0.717, 1.165) is 0 Å². The highest BCUT2D eigenvalue weighted by atomic mass is 14.4. The number of benzene rings is 6. The van der Waals surface area contributed by atoms with Crippen LogP contribution >= 0.6 is 0 Å². The fourth-order valence-corrected chi connectivity index (χ4v) is 7.76. The second-order valence-electron chi connectivity index (χ2n) is 11.1. The van der Waals surface area contributed by atoms with Gasteiger partial charge in [0.05, 0.1) is 0 Å². The molecule has 0 saturated heterocycles. The van der Waals surface area contributed by atoms with Gasteiger partial charge in [-0.05, 0) is 77.9 Å². The molecule has 9 rings (SSSR count). The molecule has 6 aromatic rings. The molecule has 0 heterocycles. The van der Waals surface area contributed by atoms with E-state index in [4.69, 9.17) is 0 Å². The molecule has 0 atom stereocenters. The first-order valence-electron chi connectivity index (χ1n) is 14.2. The van der Waals surface area contributed by atoms with Crippen molar-refractivity contribution in [2.24, 2.45) is 0 Å². The zero-order valence-corrected chi connectivity index (χ0v) is 22.0. The Bertz CT molecular complexity index is 1790. The number of rotatable bonds is 2. The number of allylic oxidation sites excluding steroid dienone is 1. The van der Waals surface area contributed by atoms with Crippen LogP contribution in [-0.4, -0.2) is 0 Å². The molecular formula is C40H26. The minimum Gasteiger partial charge on any atom is -0.0619 e. The summed E-state index contributed by atoms with van der Waals surface area (Å²) in [5, 5.41) is 0. The van der Waals surface area contributed by atoms with Crippen LogP contribution in [-0.2, 0) is 0 Å². The summed E-state index contributed by atoms with van der Waals surface area (Å²) < 4.78 is 0.